The predicted octanol–water partition coefficient (Wildman–Crippen LogP) is 2.24. The summed E-state index contributed by atoms with van der Waals surface area (Å²) in [6.07, 6.45) is 3.94. The molecule has 0 saturated carbocycles. The number of carbonyl (C=O) groups is 2. The number of hydrogen-bond acceptors (Lipinski definition) is 4. The second-order valence-corrected chi connectivity index (χ2v) is 6.89. The van der Waals surface area contributed by atoms with E-state index in [1.165, 1.54) is 18.1 Å². The molecule has 4 rings (SSSR count). The average molecular weight is 342 g/mol. The van der Waals surface area contributed by atoms with E-state index in [1.54, 1.807) is 0 Å². The zero-order valence-corrected chi connectivity index (χ0v) is 14.2. The molecule has 1 N–H and O–H groups in total. The number of rotatable bonds is 4. The molecule has 2 aliphatic rings. The Hall–Kier alpha value is -2.34. The van der Waals surface area contributed by atoms with E-state index < -0.39 is 0 Å². The Labute approximate surface area is 146 Å². The summed E-state index contributed by atoms with van der Waals surface area (Å²) in [6.45, 7) is 0.543. The van der Waals surface area contributed by atoms with Gasteiger partial charge in [-0.3, -0.25) is 9.59 Å². The van der Waals surface area contributed by atoms with E-state index in [4.69, 9.17) is 9.47 Å². The van der Waals surface area contributed by atoms with Crippen molar-refractivity contribution in [1.82, 2.24) is 9.88 Å². The Morgan fingerprint density at radius 3 is 3.08 bits per heavy atom. The van der Waals surface area contributed by atoms with Gasteiger partial charge in [0.1, 0.15) is 6.23 Å². The Morgan fingerprint density at radius 1 is 1.40 bits per heavy atom. The van der Waals surface area contributed by atoms with Crippen molar-refractivity contribution in [1.29, 1.82) is 0 Å². The van der Waals surface area contributed by atoms with Crippen molar-refractivity contribution in [3.05, 3.63) is 36.0 Å². The number of hydrogen-bond donors (Lipinski definition) is 1. The van der Waals surface area contributed by atoms with Crippen LogP contribution in [0.3, 0.4) is 0 Å². The van der Waals surface area contributed by atoms with Crippen molar-refractivity contribution in [3.63, 3.8) is 0 Å². The quantitative estimate of drug-likeness (QED) is 0.865. The number of benzene rings is 1. The van der Waals surface area contributed by atoms with Gasteiger partial charge < -0.3 is 19.4 Å². The lowest BCUT2D eigenvalue weighted by Crippen LogP contribution is -2.48. The van der Waals surface area contributed by atoms with Crippen molar-refractivity contribution >= 4 is 22.8 Å². The number of piperidine rings is 1. The summed E-state index contributed by atoms with van der Waals surface area (Å²) in [5, 5.41) is 1.19. The van der Waals surface area contributed by atoms with Gasteiger partial charge in [0.25, 0.3) is 0 Å². The first-order valence-corrected chi connectivity index (χ1v) is 8.70. The number of esters is 1. The SMILES string of the molecule is COC(=O)C[C@@H]1CC(=O)N2[C@H](Cc3c[nH]c4ccccc34)CO[C@@H]2C1. The number of H-pyrrole nitrogens is 1. The summed E-state index contributed by atoms with van der Waals surface area (Å²) in [4.78, 5) is 29.3. The number of aromatic amines is 1. The molecule has 2 saturated heterocycles. The number of nitrogens with one attached hydrogen (secondary N) is 1. The standard InChI is InChI=1S/C19H22N2O4/c1-24-19(23)8-12-6-17(22)21-14(11-25-18(21)7-12)9-13-10-20-16-5-3-2-4-15(13)16/h2-5,10,12,14,18,20H,6-9,11H2,1H3/t12-,14-,18-/m1/s1. The molecule has 0 bridgehead atoms. The molecule has 1 aromatic heterocycles. The molecule has 6 nitrogen and oxygen atoms in total. The van der Waals surface area contributed by atoms with Gasteiger partial charge in [0.2, 0.25) is 5.91 Å². The van der Waals surface area contributed by atoms with E-state index in [1.807, 2.05) is 23.2 Å². The van der Waals surface area contributed by atoms with Gasteiger partial charge in [-0.25, -0.2) is 0 Å². The maximum atomic E-state index is 12.6. The van der Waals surface area contributed by atoms with Crippen LogP contribution < -0.4 is 0 Å². The van der Waals surface area contributed by atoms with Gasteiger partial charge in [-0.05, 0) is 30.4 Å². The molecule has 1 amide bonds. The van der Waals surface area contributed by atoms with E-state index in [2.05, 4.69) is 17.1 Å². The van der Waals surface area contributed by atoms with E-state index in [0.717, 1.165) is 11.9 Å². The molecule has 0 aliphatic carbocycles. The van der Waals surface area contributed by atoms with Crippen LogP contribution in [0.4, 0.5) is 0 Å². The van der Waals surface area contributed by atoms with Crippen molar-refractivity contribution < 1.29 is 19.1 Å². The second kappa shape index (κ2) is 6.52. The van der Waals surface area contributed by atoms with Crippen molar-refractivity contribution in [3.8, 4) is 0 Å². The zero-order chi connectivity index (χ0) is 17.4. The van der Waals surface area contributed by atoms with E-state index in [0.29, 0.717) is 19.4 Å². The van der Waals surface area contributed by atoms with Crippen molar-refractivity contribution in [2.75, 3.05) is 13.7 Å². The fourth-order valence-corrected chi connectivity index (χ4v) is 4.07. The lowest BCUT2D eigenvalue weighted by molar-refractivity contribution is -0.149. The highest BCUT2D eigenvalue weighted by Gasteiger charge is 2.43. The summed E-state index contributed by atoms with van der Waals surface area (Å²) in [6, 6.07) is 8.23. The van der Waals surface area contributed by atoms with Crippen LogP contribution in [0.5, 0.6) is 0 Å². The Bertz CT molecular complexity index is 800. The first-order valence-electron chi connectivity index (χ1n) is 8.70. The third-order valence-electron chi connectivity index (χ3n) is 5.28. The minimum absolute atomic E-state index is 0.00744. The third-order valence-corrected chi connectivity index (χ3v) is 5.28. The number of methoxy groups -OCH3 is 1. The number of nitrogens with zero attached hydrogens (tertiary/aromatic N) is 1. The van der Waals surface area contributed by atoms with Gasteiger partial charge >= 0.3 is 5.97 Å². The predicted molar refractivity (Wildman–Crippen MR) is 91.7 cm³/mol. The van der Waals surface area contributed by atoms with Gasteiger partial charge in [0.05, 0.1) is 19.8 Å². The molecule has 0 radical (unpaired) electrons. The number of ether oxygens (including phenoxy) is 2. The molecule has 132 valence electrons. The lowest BCUT2D eigenvalue weighted by Gasteiger charge is -2.35. The third kappa shape index (κ3) is 3.02. The summed E-state index contributed by atoms with van der Waals surface area (Å²) >= 11 is 0. The van der Waals surface area contributed by atoms with Gasteiger partial charge in [0.15, 0.2) is 0 Å². The maximum Gasteiger partial charge on any atom is 0.305 e. The molecule has 2 aromatic rings. The molecule has 2 aliphatic heterocycles. The Kier molecular flexibility index (Phi) is 4.21. The van der Waals surface area contributed by atoms with Gasteiger partial charge in [0, 0.05) is 29.9 Å². The summed E-state index contributed by atoms with van der Waals surface area (Å²) in [5.41, 5.74) is 2.31. The zero-order valence-electron chi connectivity index (χ0n) is 14.2. The molecule has 2 fully saturated rings. The Morgan fingerprint density at radius 2 is 2.24 bits per heavy atom. The van der Waals surface area contributed by atoms with Gasteiger partial charge in [-0.15, -0.1) is 0 Å². The molecule has 1 aromatic carbocycles. The van der Waals surface area contributed by atoms with Crippen LogP contribution in [-0.2, 0) is 25.5 Å². The van der Waals surface area contributed by atoms with Crippen LogP contribution in [-0.4, -0.2) is 47.7 Å². The molecular formula is C19H22N2O4. The van der Waals surface area contributed by atoms with Crippen molar-refractivity contribution in [2.45, 2.75) is 38.0 Å². The second-order valence-electron chi connectivity index (χ2n) is 6.89. The van der Waals surface area contributed by atoms with Crippen LogP contribution in [0.2, 0.25) is 0 Å². The molecule has 3 heterocycles. The van der Waals surface area contributed by atoms with Gasteiger partial charge in [-0.2, -0.15) is 0 Å². The molecule has 25 heavy (non-hydrogen) atoms. The molecule has 3 atom stereocenters. The van der Waals surface area contributed by atoms with Crippen LogP contribution in [0.1, 0.15) is 24.8 Å². The topological polar surface area (TPSA) is 71.6 Å². The van der Waals surface area contributed by atoms with Crippen LogP contribution in [0.15, 0.2) is 30.5 Å². The number of amides is 1. The maximum absolute atomic E-state index is 12.6. The van der Waals surface area contributed by atoms with Crippen LogP contribution >= 0.6 is 0 Å². The minimum Gasteiger partial charge on any atom is -0.469 e. The highest BCUT2D eigenvalue weighted by Crippen LogP contribution is 2.34. The van der Waals surface area contributed by atoms with E-state index in [-0.39, 0.29) is 36.5 Å². The van der Waals surface area contributed by atoms with E-state index >= 15 is 0 Å². The molecule has 6 heteroatoms. The molecular weight excluding hydrogens is 320 g/mol. The molecule has 0 spiro atoms. The summed E-state index contributed by atoms with van der Waals surface area (Å²) < 4.78 is 10.6. The molecule has 0 unspecified atom stereocenters. The van der Waals surface area contributed by atoms with Crippen molar-refractivity contribution in [2.24, 2.45) is 5.92 Å². The summed E-state index contributed by atoms with van der Waals surface area (Å²) in [5.74, 6) is -0.180. The Balaban J connectivity index is 1.47. The van der Waals surface area contributed by atoms with Crippen LogP contribution in [0.25, 0.3) is 10.9 Å². The summed E-state index contributed by atoms with van der Waals surface area (Å²) in [7, 11) is 1.38. The normalized spacial score (nSPS) is 26.0. The fraction of sp³-hybridized carbons (Fsp3) is 0.474. The smallest absolute Gasteiger partial charge is 0.305 e. The number of fused-ring (bicyclic) bond motifs is 2. The number of aromatic nitrogens is 1. The highest BCUT2D eigenvalue weighted by atomic mass is 16.5. The fourth-order valence-electron chi connectivity index (χ4n) is 4.07. The largest absolute Gasteiger partial charge is 0.469 e. The highest BCUT2D eigenvalue weighted by molar-refractivity contribution is 5.83. The average Bonchev–Trinajstić information content (AvgIpc) is 3.20. The minimum atomic E-state index is -0.264. The van der Waals surface area contributed by atoms with Crippen LogP contribution in [0, 0.1) is 5.92 Å². The lowest BCUT2D eigenvalue weighted by atomic mass is 9.91. The van der Waals surface area contributed by atoms with E-state index in [9.17, 15) is 9.59 Å². The monoisotopic (exact) mass is 342 g/mol. The first-order chi connectivity index (χ1) is 12.2. The number of carbonyl (C=O) groups excluding carboxylic acids is 2. The van der Waals surface area contributed by atoms with Gasteiger partial charge in [-0.1, -0.05) is 18.2 Å². The number of para-hydroxylation sites is 1. The first kappa shape index (κ1) is 16.1.